The molecular weight excluding hydrogens is 283 g/mol. The molecule has 0 N–H and O–H groups in total. The lowest BCUT2D eigenvalue weighted by molar-refractivity contribution is -0.366. The summed E-state index contributed by atoms with van der Waals surface area (Å²) in [6, 6.07) is 0. The minimum atomic E-state index is -6.59. The van der Waals surface area contributed by atoms with Crippen LogP contribution in [-0.4, -0.2) is 23.7 Å². The fraction of sp³-hybridized carbons (Fsp3) is 0.600. The summed E-state index contributed by atoms with van der Waals surface area (Å²) < 4.78 is 128. The summed E-state index contributed by atoms with van der Waals surface area (Å²) in [7, 11) is 0. The lowest BCUT2D eigenvalue weighted by atomic mass is 10.5. The van der Waals surface area contributed by atoms with Gasteiger partial charge in [0.2, 0.25) is 5.95 Å². The second-order valence-corrected chi connectivity index (χ2v) is 2.37. The zero-order valence-electron chi connectivity index (χ0n) is 7.10. The monoisotopic (exact) mass is 283 g/mol. The molecule has 0 saturated heterocycles. The predicted molar refractivity (Wildman–Crippen MR) is 29.2 cm³/mol. The van der Waals surface area contributed by atoms with Crippen LogP contribution in [0.15, 0.2) is 11.8 Å². The van der Waals surface area contributed by atoms with Gasteiger partial charge in [0, 0.05) is 0 Å². The largest absolute Gasteiger partial charge is 0.493 e. The van der Waals surface area contributed by atoms with Gasteiger partial charge in [0.25, 0.3) is 5.83 Å². The minimum Gasteiger partial charge on any atom is -0.197 e. The maximum absolute atomic E-state index is 12.2. The summed E-state index contributed by atoms with van der Waals surface area (Å²) >= 11 is 0. The zero-order chi connectivity index (χ0) is 14.2. The number of rotatable bonds is 1. The highest BCUT2D eigenvalue weighted by molar-refractivity contribution is 5.06. The Balaban J connectivity index is 5.69. The highest BCUT2D eigenvalue weighted by Crippen LogP contribution is 2.41. The van der Waals surface area contributed by atoms with Crippen LogP contribution < -0.4 is 0 Å². The molecule has 0 amide bonds. The Kier molecular flexibility index (Phi) is 3.91. The number of hydrogen-bond acceptors (Lipinski definition) is 1. The standard InChI is InChI=1S/C5F11N/c6-1(3(8,9)10)2(7)17(4(11,12)13)5(14,15)16/b2-1+. The van der Waals surface area contributed by atoms with Crippen molar-refractivity contribution in [2.24, 2.45) is 0 Å². The van der Waals surface area contributed by atoms with E-state index in [0.29, 0.717) is 0 Å². The molecule has 0 radical (unpaired) electrons. The van der Waals surface area contributed by atoms with Gasteiger partial charge in [-0.3, -0.25) is 0 Å². The molecule has 0 aromatic carbocycles. The van der Waals surface area contributed by atoms with Gasteiger partial charge in [0.05, 0.1) is 0 Å². The normalized spacial score (nSPS) is 15.7. The highest BCUT2D eigenvalue weighted by Gasteiger charge is 2.58. The number of nitrogens with zero attached hydrogens (tertiary/aromatic N) is 1. The van der Waals surface area contributed by atoms with Crippen LogP contribution in [0.3, 0.4) is 0 Å². The fourth-order valence-corrected chi connectivity index (χ4v) is 0.581. The van der Waals surface area contributed by atoms with Gasteiger partial charge in [-0.15, -0.1) is 26.3 Å². The van der Waals surface area contributed by atoms with Crippen LogP contribution in [0.1, 0.15) is 0 Å². The lowest BCUT2D eigenvalue weighted by Crippen LogP contribution is -2.47. The van der Waals surface area contributed by atoms with E-state index in [0.717, 1.165) is 0 Å². The van der Waals surface area contributed by atoms with Crippen LogP contribution in [0.2, 0.25) is 0 Å². The van der Waals surface area contributed by atoms with E-state index in [1.54, 1.807) is 0 Å². The molecule has 102 valence electrons. The molecule has 0 unspecified atom stereocenters. The summed E-state index contributed by atoms with van der Waals surface area (Å²) in [6.45, 7) is 0. The van der Waals surface area contributed by atoms with E-state index in [1.165, 1.54) is 0 Å². The molecule has 0 aromatic rings. The summed E-state index contributed by atoms with van der Waals surface area (Å²) in [5, 5.41) is 0. The Morgan fingerprint density at radius 3 is 1.12 bits per heavy atom. The van der Waals surface area contributed by atoms with Crippen molar-refractivity contribution >= 4 is 0 Å². The second-order valence-electron chi connectivity index (χ2n) is 2.37. The molecule has 0 aliphatic rings. The summed E-state index contributed by atoms with van der Waals surface area (Å²) in [4.78, 5) is -3.22. The fourth-order valence-electron chi connectivity index (χ4n) is 0.581. The van der Waals surface area contributed by atoms with E-state index in [2.05, 4.69) is 0 Å². The average molecular weight is 283 g/mol. The van der Waals surface area contributed by atoms with E-state index in [1.807, 2.05) is 0 Å². The number of allylic oxidation sites excluding steroid dienone is 1. The first-order valence-electron chi connectivity index (χ1n) is 3.25. The van der Waals surface area contributed by atoms with Crippen molar-refractivity contribution in [3.05, 3.63) is 11.8 Å². The van der Waals surface area contributed by atoms with Gasteiger partial charge in [-0.25, -0.2) is 0 Å². The molecule has 0 bridgehead atoms. The van der Waals surface area contributed by atoms with E-state index in [9.17, 15) is 48.3 Å². The molecule has 0 heterocycles. The van der Waals surface area contributed by atoms with Crippen LogP contribution >= 0.6 is 0 Å². The van der Waals surface area contributed by atoms with Crippen LogP contribution in [0, 0.1) is 0 Å². The molecule has 12 heteroatoms. The topological polar surface area (TPSA) is 3.24 Å². The van der Waals surface area contributed by atoms with Gasteiger partial charge in [-0.05, 0) is 0 Å². The van der Waals surface area contributed by atoms with Crippen molar-refractivity contribution in [1.29, 1.82) is 0 Å². The maximum atomic E-state index is 12.2. The Labute approximate surface area is 85.1 Å². The number of halogens is 11. The Hall–Kier alpha value is -1.23. The van der Waals surface area contributed by atoms with Gasteiger partial charge < -0.3 is 0 Å². The van der Waals surface area contributed by atoms with Gasteiger partial charge in [0.1, 0.15) is 0 Å². The molecule has 0 atom stereocenters. The smallest absolute Gasteiger partial charge is 0.197 e. The molecule has 0 spiro atoms. The SMILES string of the molecule is F/C(=C(\F)C(F)(F)F)N(C(F)(F)F)C(F)(F)F. The van der Waals surface area contributed by atoms with Crippen molar-refractivity contribution in [2.45, 2.75) is 18.8 Å². The third-order valence-corrected chi connectivity index (χ3v) is 1.13. The van der Waals surface area contributed by atoms with Crippen LogP contribution in [0.25, 0.3) is 0 Å². The third kappa shape index (κ3) is 3.93. The first kappa shape index (κ1) is 15.8. The maximum Gasteiger partial charge on any atom is 0.493 e. The quantitative estimate of drug-likeness (QED) is 0.519. The summed E-state index contributed by atoms with van der Waals surface area (Å²) in [6.07, 6.45) is -19.5. The molecule has 0 aliphatic heterocycles. The number of hydrogen-bond donors (Lipinski definition) is 0. The summed E-state index contributed by atoms with van der Waals surface area (Å²) in [5.41, 5.74) is 0. The van der Waals surface area contributed by atoms with Crippen LogP contribution in [-0.2, 0) is 0 Å². The average Bonchev–Trinajstić information content (AvgIpc) is 1.94. The number of alkyl halides is 9. The first-order valence-corrected chi connectivity index (χ1v) is 3.25. The van der Waals surface area contributed by atoms with Crippen molar-refractivity contribution in [3.63, 3.8) is 0 Å². The molecule has 0 aliphatic carbocycles. The van der Waals surface area contributed by atoms with Crippen molar-refractivity contribution in [2.75, 3.05) is 0 Å². The first-order chi connectivity index (χ1) is 7.19. The van der Waals surface area contributed by atoms with Gasteiger partial charge >= 0.3 is 18.8 Å². The van der Waals surface area contributed by atoms with Crippen molar-refractivity contribution in [1.82, 2.24) is 4.90 Å². The molecule has 17 heavy (non-hydrogen) atoms. The Morgan fingerprint density at radius 1 is 0.647 bits per heavy atom. The van der Waals surface area contributed by atoms with E-state index >= 15 is 0 Å². The zero-order valence-corrected chi connectivity index (χ0v) is 7.10. The second kappa shape index (κ2) is 4.22. The predicted octanol–water partition coefficient (Wildman–Crippen LogP) is 4.00. The van der Waals surface area contributed by atoms with Gasteiger partial charge in [0.15, 0.2) is 0 Å². The Bertz CT molecular complexity index is 289. The van der Waals surface area contributed by atoms with Gasteiger partial charge in [-0.1, -0.05) is 0 Å². The minimum absolute atomic E-state index is 3.22. The third-order valence-electron chi connectivity index (χ3n) is 1.13. The highest BCUT2D eigenvalue weighted by atomic mass is 19.4. The molecule has 0 aromatic heterocycles. The Morgan fingerprint density at radius 2 is 0.941 bits per heavy atom. The molecule has 1 nitrogen and oxygen atoms in total. The van der Waals surface area contributed by atoms with E-state index < -0.39 is 35.5 Å². The molecule has 0 fully saturated rings. The molecule has 0 saturated carbocycles. The van der Waals surface area contributed by atoms with E-state index in [4.69, 9.17) is 0 Å². The van der Waals surface area contributed by atoms with Crippen molar-refractivity contribution < 1.29 is 48.3 Å². The summed E-state index contributed by atoms with van der Waals surface area (Å²) in [5.74, 6) is -8.26. The van der Waals surface area contributed by atoms with Crippen LogP contribution in [0.5, 0.6) is 0 Å². The van der Waals surface area contributed by atoms with Crippen LogP contribution in [0.4, 0.5) is 48.3 Å². The van der Waals surface area contributed by atoms with Crippen molar-refractivity contribution in [3.8, 4) is 0 Å². The molecular formula is C5F11N. The van der Waals surface area contributed by atoms with Gasteiger partial charge in [-0.2, -0.15) is 26.9 Å². The van der Waals surface area contributed by atoms with E-state index in [-0.39, 0.29) is 0 Å². The molecule has 0 rings (SSSR count). The lowest BCUT2D eigenvalue weighted by Gasteiger charge is -2.26.